The highest BCUT2D eigenvalue weighted by Gasteiger charge is 2.16. The molecular formula is C40H25NO. The van der Waals surface area contributed by atoms with E-state index in [4.69, 9.17) is 4.42 Å². The quantitative estimate of drug-likeness (QED) is 0.209. The number of nitrogens with zero attached hydrogens (tertiary/aromatic N) is 1. The first-order chi connectivity index (χ1) is 20.8. The van der Waals surface area contributed by atoms with Crippen LogP contribution in [0.3, 0.4) is 0 Å². The normalized spacial score (nSPS) is 11.8. The molecule has 0 aliphatic heterocycles. The highest BCUT2D eigenvalue weighted by molar-refractivity contribution is 6.21. The number of fused-ring (bicyclic) bond motifs is 10. The van der Waals surface area contributed by atoms with Gasteiger partial charge in [0.25, 0.3) is 0 Å². The molecule has 0 fully saturated rings. The van der Waals surface area contributed by atoms with Crippen molar-refractivity contribution in [1.82, 2.24) is 0 Å². The Labute approximate surface area is 242 Å². The molecular weight excluding hydrogens is 510 g/mol. The zero-order valence-electron chi connectivity index (χ0n) is 22.8. The summed E-state index contributed by atoms with van der Waals surface area (Å²) in [5.41, 5.74) is 5.21. The topological polar surface area (TPSA) is 16.4 Å². The van der Waals surface area contributed by atoms with Gasteiger partial charge in [0.2, 0.25) is 0 Å². The molecule has 0 radical (unpaired) electrons. The minimum absolute atomic E-state index is 0.922. The Balaban J connectivity index is 1.29. The second kappa shape index (κ2) is 8.95. The van der Waals surface area contributed by atoms with Crippen molar-refractivity contribution in [2.24, 2.45) is 0 Å². The van der Waals surface area contributed by atoms with E-state index in [-0.39, 0.29) is 0 Å². The maximum absolute atomic E-state index is 6.35. The van der Waals surface area contributed by atoms with Gasteiger partial charge in [-0.15, -0.1) is 0 Å². The van der Waals surface area contributed by atoms with Crippen molar-refractivity contribution in [3.05, 3.63) is 152 Å². The van der Waals surface area contributed by atoms with Crippen LogP contribution in [0.4, 0.5) is 17.1 Å². The van der Waals surface area contributed by atoms with Crippen molar-refractivity contribution >= 4 is 82.1 Å². The Bertz CT molecular complexity index is 2470. The van der Waals surface area contributed by atoms with Crippen LogP contribution in [-0.2, 0) is 0 Å². The van der Waals surface area contributed by atoms with E-state index in [9.17, 15) is 0 Å². The maximum Gasteiger partial charge on any atom is 0.143 e. The molecule has 0 aliphatic rings. The van der Waals surface area contributed by atoms with Crippen LogP contribution in [-0.4, -0.2) is 0 Å². The first kappa shape index (κ1) is 23.1. The van der Waals surface area contributed by atoms with E-state index < -0.39 is 0 Å². The van der Waals surface area contributed by atoms with Gasteiger partial charge in [0.05, 0.1) is 0 Å². The van der Waals surface area contributed by atoms with Gasteiger partial charge in [-0.25, -0.2) is 0 Å². The number of hydrogen-bond donors (Lipinski definition) is 0. The molecule has 0 bridgehead atoms. The summed E-state index contributed by atoms with van der Waals surface area (Å²) in [6.45, 7) is 0. The second-order valence-corrected chi connectivity index (χ2v) is 11.0. The minimum atomic E-state index is 0.922. The predicted octanol–water partition coefficient (Wildman–Crippen LogP) is 11.7. The highest BCUT2D eigenvalue weighted by atomic mass is 16.3. The van der Waals surface area contributed by atoms with Crippen LogP contribution in [0.1, 0.15) is 0 Å². The van der Waals surface area contributed by atoms with Crippen LogP contribution in [0.5, 0.6) is 0 Å². The molecule has 42 heavy (non-hydrogen) atoms. The van der Waals surface area contributed by atoms with Crippen LogP contribution in [0.25, 0.3) is 65.0 Å². The van der Waals surface area contributed by atoms with Gasteiger partial charge in [0, 0.05) is 33.2 Å². The molecule has 2 heteroatoms. The number of hydrogen-bond acceptors (Lipinski definition) is 2. The lowest BCUT2D eigenvalue weighted by molar-refractivity contribution is 0.672. The number of para-hydroxylation sites is 2. The molecule has 1 heterocycles. The summed E-state index contributed by atoms with van der Waals surface area (Å²) in [7, 11) is 0. The van der Waals surface area contributed by atoms with Crippen LogP contribution >= 0.6 is 0 Å². The average Bonchev–Trinajstić information content (AvgIpc) is 3.44. The second-order valence-electron chi connectivity index (χ2n) is 11.0. The number of rotatable bonds is 3. The highest BCUT2D eigenvalue weighted by Crippen LogP contribution is 2.41. The van der Waals surface area contributed by atoms with Gasteiger partial charge in [-0.3, -0.25) is 0 Å². The molecule has 0 saturated heterocycles. The molecule has 196 valence electrons. The summed E-state index contributed by atoms with van der Waals surface area (Å²) in [5.74, 6) is 0. The molecule has 2 nitrogen and oxygen atoms in total. The monoisotopic (exact) mass is 535 g/mol. The Morgan fingerprint density at radius 2 is 0.976 bits per heavy atom. The van der Waals surface area contributed by atoms with Crippen molar-refractivity contribution in [2.45, 2.75) is 0 Å². The zero-order valence-corrected chi connectivity index (χ0v) is 22.8. The van der Waals surface area contributed by atoms with Gasteiger partial charge in [-0.2, -0.15) is 0 Å². The molecule has 0 atom stereocenters. The van der Waals surface area contributed by atoms with Crippen LogP contribution in [0.15, 0.2) is 156 Å². The Hall–Kier alpha value is -5.60. The molecule has 0 unspecified atom stereocenters. The van der Waals surface area contributed by atoms with Crippen molar-refractivity contribution in [2.75, 3.05) is 4.90 Å². The van der Waals surface area contributed by atoms with E-state index in [2.05, 4.69) is 144 Å². The summed E-state index contributed by atoms with van der Waals surface area (Å²) in [5, 5.41) is 12.2. The summed E-state index contributed by atoms with van der Waals surface area (Å²) < 4.78 is 6.35. The number of anilines is 3. The standard InChI is InChI=1S/C40H25NO/c1-2-9-30(10-3-1)41(31-21-23-34-29(24-31)19-22-36-35-12-6-7-13-38(35)42-40(34)36)32-20-18-27-15-17-28-16-14-26-8-4-5-11-33(26)39(28)37(27)25-32/h1-25H. The molecule has 0 saturated carbocycles. The van der Waals surface area contributed by atoms with Crippen molar-refractivity contribution < 1.29 is 4.42 Å². The van der Waals surface area contributed by atoms with Crippen LogP contribution in [0, 0.1) is 0 Å². The molecule has 8 aromatic carbocycles. The van der Waals surface area contributed by atoms with Gasteiger partial charge in [-0.1, -0.05) is 97.1 Å². The smallest absolute Gasteiger partial charge is 0.143 e. The molecule has 0 N–H and O–H groups in total. The lowest BCUT2D eigenvalue weighted by atomic mass is 9.96. The van der Waals surface area contributed by atoms with Gasteiger partial charge >= 0.3 is 0 Å². The van der Waals surface area contributed by atoms with E-state index >= 15 is 0 Å². The SMILES string of the molecule is c1ccc(N(c2ccc3c(ccc4c5ccccc5oc34)c2)c2ccc3ccc4ccc5ccccc5c4c3c2)cc1. The maximum atomic E-state index is 6.35. The third-order valence-electron chi connectivity index (χ3n) is 8.58. The summed E-state index contributed by atoms with van der Waals surface area (Å²) in [6, 6.07) is 54.4. The lowest BCUT2D eigenvalue weighted by Crippen LogP contribution is -2.09. The Kier molecular flexibility index (Phi) is 4.93. The predicted molar refractivity (Wildman–Crippen MR) is 178 cm³/mol. The third-order valence-corrected chi connectivity index (χ3v) is 8.58. The number of furan rings is 1. The first-order valence-corrected chi connectivity index (χ1v) is 14.4. The summed E-state index contributed by atoms with van der Waals surface area (Å²) in [6.07, 6.45) is 0. The summed E-state index contributed by atoms with van der Waals surface area (Å²) >= 11 is 0. The van der Waals surface area contributed by atoms with E-state index in [1.54, 1.807) is 0 Å². The molecule has 1 aromatic heterocycles. The molecule has 9 rings (SSSR count). The van der Waals surface area contributed by atoms with E-state index in [0.29, 0.717) is 0 Å². The average molecular weight is 536 g/mol. The van der Waals surface area contributed by atoms with Crippen LogP contribution in [0.2, 0.25) is 0 Å². The Morgan fingerprint density at radius 3 is 1.86 bits per heavy atom. The summed E-state index contributed by atoms with van der Waals surface area (Å²) in [4.78, 5) is 2.35. The molecule has 0 amide bonds. The van der Waals surface area contributed by atoms with Crippen molar-refractivity contribution in [1.29, 1.82) is 0 Å². The van der Waals surface area contributed by atoms with E-state index in [0.717, 1.165) is 49.8 Å². The molecule has 9 aromatic rings. The first-order valence-electron chi connectivity index (χ1n) is 14.4. The lowest BCUT2D eigenvalue weighted by Gasteiger charge is -2.26. The zero-order chi connectivity index (χ0) is 27.6. The van der Waals surface area contributed by atoms with E-state index in [1.165, 1.54) is 32.3 Å². The largest absolute Gasteiger partial charge is 0.455 e. The van der Waals surface area contributed by atoms with Crippen molar-refractivity contribution in [3.8, 4) is 0 Å². The van der Waals surface area contributed by atoms with Gasteiger partial charge in [0.15, 0.2) is 0 Å². The molecule has 0 spiro atoms. The van der Waals surface area contributed by atoms with Gasteiger partial charge in [-0.05, 0) is 92.3 Å². The Morgan fingerprint density at radius 1 is 0.357 bits per heavy atom. The van der Waals surface area contributed by atoms with Crippen molar-refractivity contribution in [3.63, 3.8) is 0 Å². The van der Waals surface area contributed by atoms with Crippen LogP contribution < -0.4 is 4.90 Å². The van der Waals surface area contributed by atoms with Gasteiger partial charge in [0.1, 0.15) is 11.2 Å². The minimum Gasteiger partial charge on any atom is -0.455 e. The third kappa shape index (κ3) is 3.45. The fourth-order valence-corrected chi connectivity index (χ4v) is 6.61. The fraction of sp³-hybridized carbons (Fsp3) is 0. The number of benzene rings is 8. The van der Waals surface area contributed by atoms with E-state index in [1.807, 2.05) is 12.1 Å². The molecule has 0 aliphatic carbocycles. The fourth-order valence-electron chi connectivity index (χ4n) is 6.61. The van der Waals surface area contributed by atoms with Gasteiger partial charge < -0.3 is 9.32 Å².